The van der Waals surface area contributed by atoms with Crippen LogP contribution in [0, 0.1) is 12.7 Å². The third kappa shape index (κ3) is 2.19. The number of aliphatic hydroxyl groups excluding tert-OH is 1. The molecular formula is C12H16FNO. The highest BCUT2D eigenvalue weighted by atomic mass is 19.1. The molecule has 0 spiro atoms. The van der Waals surface area contributed by atoms with Crippen molar-refractivity contribution >= 4 is 0 Å². The second-order valence-electron chi connectivity index (χ2n) is 4.12. The van der Waals surface area contributed by atoms with E-state index in [-0.39, 0.29) is 12.4 Å². The molecule has 0 aromatic heterocycles. The van der Waals surface area contributed by atoms with Crippen molar-refractivity contribution in [2.24, 2.45) is 0 Å². The maximum atomic E-state index is 13.3. The molecule has 0 atom stereocenters. The van der Waals surface area contributed by atoms with E-state index < -0.39 is 0 Å². The fourth-order valence-corrected chi connectivity index (χ4v) is 2.09. The average molecular weight is 209 g/mol. The predicted octanol–water partition coefficient (Wildman–Crippen LogP) is 1.48. The molecule has 0 fully saturated rings. The number of rotatable bonds is 2. The number of hydrogen-bond donors (Lipinski definition) is 1. The number of benzene rings is 1. The standard InChI is InChI=1S/C12H16FNO/c1-9-6-11-8-14(4-5-15)3-2-10(11)7-12(9)13/h6-7,15H,2-5,8H2,1H3. The van der Waals surface area contributed by atoms with Crippen LogP contribution in [0.2, 0.25) is 0 Å². The molecule has 1 heterocycles. The Morgan fingerprint density at radius 3 is 2.93 bits per heavy atom. The zero-order valence-electron chi connectivity index (χ0n) is 8.96. The Labute approximate surface area is 89.3 Å². The van der Waals surface area contributed by atoms with Gasteiger partial charge in [-0.1, -0.05) is 6.07 Å². The predicted molar refractivity (Wildman–Crippen MR) is 57.2 cm³/mol. The van der Waals surface area contributed by atoms with Gasteiger partial charge in [0.1, 0.15) is 5.82 Å². The SMILES string of the molecule is Cc1cc2c(cc1F)CCN(CCO)C2. The molecule has 82 valence electrons. The van der Waals surface area contributed by atoms with Gasteiger partial charge in [0, 0.05) is 19.6 Å². The Hall–Kier alpha value is -0.930. The van der Waals surface area contributed by atoms with Crippen molar-refractivity contribution in [3.8, 4) is 0 Å². The number of nitrogens with zero attached hydrogens (tertiary/aromatic N) is 1. The van der Waals surface area contributed by atoms with Crippen molar-refractivity contribution in [1.82, 2.24) is 4.90 Å². The minimum absolute atomic E-state index is 0.107. The summed E-state index contributed by atoms with van der Waals surface area (Å²) >= 11 is 0. The second-order valence-corrected chi connectivity index (χ2v) is 4.12. The lowest BCUT2D eigenvalue weighted by Crippen LogP contribution is -2.32. The quantitative estimate of drug-likeness (QED) is 0.797. The highest BCUT2D eigenvalue weighted by Gasteiger charge is 2.16. The molecule has 0 bridgehead atoms. The van der Waals surface area contributed by atoms with Gasteiger partial charge in [-0.3, -0.25) is 4.90 Å². The molecule has 0 aliphatic carbocycles. The summed E-state index contributed by atoms with van der Waals surface area (Å²) in [5, 5.41) is 8.86. The van der Waals surface area contributed by atoms with Crippen molar-refractivity contribution in [3.63, 3.8) is 0 Å². The summed E-state index contributed by atoms with van der Waals surface area (Å²) in [7, 11) is 0. The topological polar surface area (TPSA) is 23.5 Å². The highest BCUT2D eigenvalue weighted by Crippen LogP contribution is 2.21. The van der Waals surface area contributed by atoms with Gasteiger partial charge in [0.05, 0.1) is 6.61 Å². The van der Waals surface area contributed by atoms with Gasteiger partial charge in [-0.2, -0.15) is 0 Å². The molecule has 0 amide bonds. The minimum Gasteiger partial charge on any atom is -0.395 e. The van der Waals surface area contributed by atoms with Gasteiger partial charge < -0.3 is 5.11 Å². The number of aliphatic hydroxyl groups is 1. The molecule has 0 saturated heterocycles. The third-order valence-electron chi connectivity index (χ3n) is 2.99. The lowest BCUT2D eigenvalue weighted by molar-refractivity contribution is 0.184. The first-order valence-electron chi connectivity index (χ1n) is 5.32. The van der Waals surface area contributed by atoms with Crippen LogP contribution in [0.4, 0.5) is 4.39 Å². The van der Waals surface area contributed by atoms with Crippen LogP contribution in [0.3, 0.4) is 0 Å². The first kappa shape index (κ1) is 10.6. The van der Waals surface area contributed by atoms with Gasteiger partial charge in [0.15, 0.2) is 0 Å². The van der Waals surface area contributed by atoms with Crippen LogP contribution in [0.25, 0.3) is 0 Å². The summed E-state index contributed by atoms with van der Waals surface area (Å²) in [6.07, 6.45) is 0.881. The Bertz CT molecular complexity index is 365. The van der Waals surface area contributed by atoms with Gasteiger partial charge in [-0.15, -0.1) is 0 Å². The Morgan fingerprint density at radius 2 is 2.20 bits per heavy atom. The van der Waals surface area contributed by atoms with E-state index in [1.807, 2.05) is 6.07 Å². The Kier molecular flexibility index (Phi) is 3.03. The summed E-state index contributed by atoms with van der Waals surface area (Å²) in [6, 6.07) is 3.58. The first-order chi connectivity index (χ1) is 7.20. The van der Waals surface area contributed by atoms with Crippen LogP contribution in [-0.2, 0) is 13.0 Å². The highest BCUT2D eigenvalue weighted by molar-refractivity contribution is 5.34. The number of aryl methyl sites for hydroxylation is 1. The maximum Gasteiger partial charge on any atom is 0.126 e. The summed E-state index contributed by atoms with van der Waals surface area (Å²) in [4.78, 5) is 2.19. The molecule has 2 rings (SSSR count). The number of fused-ring (bicyclic) bond motifs is 1. The van der Waals surface area contributed by atoms with E-state index in [0.717, 1.165) is 25.1 Å². The maximum absolute atomic E-state index is 13.3. The van der Waals surface area contributed by atoms with E-state index in [4.69, 9.17) is 5.11 Å². The van der Waals surface area contributed by atoms with E-state index in [2.05, 4.69) is 4.90 Å². The van der Waals surface area contributed by atoms with Crippen molar-refractivity contribution in [2.45, 2.75) is 19.9 Å². The van der Waals surface area contributed by atoms with Gasteiger partial charge in [0.2, 0.25) is 0 Å². The van der Waals surface area contributed by atoms with Crippen molar-refractivity contribution in [2.75, 3.05) is 19.7 Å². The lowest BCUT2D eigenvalue weighted by Gasteiger charge is -2.28. The van der Waals surface area contributed by atoms with E-state index in [0.29, 0.717) is 12.1 Å². The molecule has 1 aromatic carbocycles. The van der Waals surface area contributed by atoms with Gasteiger partial charge >= 0.3 is 0 Å². The fourth-order valence-electron chi connectivity index (χ4n) is 2.09. The summed E-state index contributed by atoms with van der Waals surface area (Å²) in [6.45, 7) is 4.43. The fraction of sp³-hybridized carbons (Fsp3) is 0.500. The minimum atomic E-state index is -0.107. The van der Waals surface area contributed by atoms with Gasteiger partial charge in [0.25, 0.3) is 0 Å². The normalized spacial score (nSPS) is 16.5. The molecule has 0 radical (unpaired) electrons. The molecule has 2 nitrogen and oxygen atoms in total. The zero-order valence-corrected chi connectivity index (χ0v) is 8.96. The summed E-state index contributed by atoms with van der Waals surface area (Å²) < 4.78 is 13.3. The smallest absolute Gasteiger partial charge is 0.126 e. The van der Waals surface area contributed by atoms with Crippen LogP contribution in [-0.4, -0.2) is 29.7 Å². The molecule has 1 N–H and O–H groups in total. The molecule has 15 heavy (non-hydrogen) atoms. The van der Waals surface area contributed by atoms with Crippen molar-refractivity contribution in [1.29, 1.82) is 0 Å². The van der Waals surface area contributed by atoms with Gasteiger partial charge in [-0.05, 0) is 36.1 Å². The molecule has 1 aliphatic heterocycles. The zero-order chi connectivity index (χ0) is 10.8. The van der Waals surface area contributed by atoms with Crippen molar-refractivity contribution < 1.29 is 9.50 Å². The average Bonchev–Trinajstić information content (AvgIpc) is 2.21. The number of hydrogen-bond acceptors (Lipinski definition) is 2. The molecule has 3 heteroatoms. The molecule has 0 saturated carbocycles. The van der Waals surface area contributed by atoms with Crippen LogP contribution < -0.4 is 0 Å². The van der Waals surface area contributed by atoms with Crippen LogP contribution in [0.5, 0.6) is 0 Å². The van der Waals surface area contributed by atoms with Crippen LogP contribution in [0.1, 0.15) is 16.7 Å². The number of halogens is 1. The monoisotopic (exact) mass is 209 g/mol. The first-order valence-corrected chi connectivity index (χ1v) is 5.32. The Morgan fingerprint density at radius 1 is 1.40 bits per heavy atom. The van der Waals surface area contributed by atoms with E-state index >= 15 is 0 Å². The van der Waals surface area contributed by atoms with E-state index in [1.54, 1.807) is 13.0 Å². The molecular weight excluding hydrogens is 193 g/mol. The third-order valence-corrected chi connectivity index (χ3v) is 2.99. The largest absolute Gasteiger partial charge is 0.395 e. The van der Waals surface area contributed by atoms with Crippen LogP contribution >= 0.6 is 0 Å². The molecule has 1 aliphatic rings. The molecule has 0 unspecified atom stereocenters. The molecule has 1 aromatic rings. The van der Waals surface area contributed by atoms with Gasteiger partial charge in [-0.25, -0.2) is 4.39 Å². The summed E-state index contributed by atoms with van der Waals surface area (Å²) in [5.41, 5.74) is 3.03. The second kappa shape index (κ2) is 4.29. The van der Waals surface area contributed by atoms with Crippen LogP contribution in [0.15, 0.2) is 12.1 Å². The number of β-amino-alcohol motifs (C(OH)–C–C–N with tert-alkyl or cyclic N) is 1. The lowest BCUT2D eigenvalue weighted by atomic mass is 9.97. The van der Waals surface area contributed by atoms with E-state index in [9.17, 15) is 4.39 Å². The van der Waals surface area contributed by atoms with Crippen molar-refractivity contribution in [3.05, 3.63) is 34.6 Å². The summed E-state index contributed by atoms with van der Waals surface area (Å²) in [5.74, 6) is -0.107. The Balaban J connectivity index is 2.22. The van der Waals surface area contributed by atoms with E-state index in [1.165, 1.54) is 5.56 Å².